The number of hydrogen-bond donors (Lipinski definition) is 1. The highest BCUT2D eigenvalue weighted by Crippen LogP contribution is 2.33. The van der Waals surface area contributed by atoms with Gasteiger partial charge in [-0.15, -0.1) is 0 Å². The number of rotatable bonds is 6. The number of nitrogens with one attached hydrogen (secondary N) is 1. The van der Waals surface area contributed by atoms with E-state index in [0.29, 0.717) is 5.25 Å². The molecule has 2 unspecified atom stereocenters. The second-order valence-electron chi connectivity index (χ2n) is 5.01. The summed E-state index contributed by atoms with van der Waals surface area (Å²) in [6, 6.07) is 0. The largest absolute Gasteiger partial charge is 0.337 e. The van der Waals surface area contributed by atoms with Gasteiger partial charge in [0.1, 0.15) is 0 Å². The number of nitrogens with zero attached hydrogens (tertiary/aromatic N) is 2. The Bertz CT molecular complexity index is 374. The van der Waals surface area contributed by atoms with Crippen LogP contribution in [0.15, 0.2) is 4.52 Å². The maximum atomic E-state index is 5.47. The van der Waals surface area contributed by atoms with Crippen LogP contribution in [0.25, 0.3) is 0 Å². The molecule has 1 fully saturated rings. The van der Waals surface area contributed by atoms with Crippen LogP contribution in [0, 0.1) is 0 Å². The predicted octanol–water partition coefficient (Wildman–Crippen LogP) is 3.09. The highest BCUT2D eigenvalue weighted by molar-refractivity contribution is 7.99. The maximum Gasteiger partial charge on any atom is 0.246 e. The molecule has 1 aromatic heterocycles. The molecule has 102 valence electrons. The Morgan fingerprint density at radius 1 is 1.50 bits per heavy atom. The molecule has 1 saturated heterocycles. The Labute approximate surface area is 113 Å². The first-order chi connectivity index (χ1) is 8.70. The van der Waals surface area contributed by atoms with Crippen LogP contribution in [-0.2, 0) is 11.3 Å². The van der Waals surface area contributed by atoms with Crippen LogP contribution in [0.5, 0.6) is 0 Å². The summed E-state index contributed by atoms with van der Waals surface area (Å²) in [7, 11) is 0. The lowest BCUT2D eigenvalue weighted by molar-refractivity contribution is 0.249. The van der Waals surface area contributed by atoms with E-state index < -0.39 is 0 Å². The predicted molar refractivity (Wildman–Crippen MR) is 74.6 cm³/mol. The molecule has 2 heterocycles. The van der Waals surface area contributed by atoms with E-state index in [1.165, 1.54) is 12.8 Å². The third-order valence-electron chi connectivity index (χ3n) is 3.80. The highest BCUT2D eigenvalue weighted by Gasteiger charge is 2.38. The lowest BCUT2D eigenvalue weighted by atomic mass is 9.94. The molecule has 2 rings (SSSR count). The van der Waals surface area contributed by atoms with E-state index in [9.17, 15) is 0 Å². The molecule has 5 heteroatoms. The molecule has 0 aromatic carbocycles. The summed E-state index contributed by atoms with van der Waals surface area (Å²) in [6.07, 6.45) is 4.47. The van der Waals surface area contributed by atoms with Gasteiger partial charge in [-0.1, -0.05) is 25.9 Å². The zero-order chi connectivity index (χ0) is 13.0. The molecule has 18 heavy (non-hydrogen) atoms. The third-order valence-corrected chi connectivity index (χ3v) is 5.12. The second-order valence-corrected chi connectivity index (χ2v) is 6.44. The van der Waals surface area contributed by atoms with Gasteiger partial charge in [0, 0.05) is 5.25 Å². The van der Waals surface area contributed by atoms with Crippen molar-refractivity contribution in [3.05, 3.63) is 11.7 Å². The van der Waals surface area contributed by atoms with E-state index in [4.69, 9.17) is 4.52 Å². The van der Waals surface area contributed by atoms with Gasteiger partial charge in [0.15, 0.2) is 5.82 Å². The smallest absolute Gasteiger partial charge is 0.246 e. The van der Waals surface area contributed by atoms with Crippen molar-refractivity contribution in [1.29, 1.82) is 0 Å². The van der Waals surface area contributed by atoms with E-state index in [2.05, 4.69) is 36.2 Å². The van der Waals surface area contributed by atoms with Gasteiger partial charge in [0.25, 0.3) is 0 Å². The Morgan fingerprint density at radius 2 is 2.33 bits per heavy atom. The van der Waals surface area contributed by atoms with Gasteiger partial charge in [-0.25, -0.2) is 0 Å². The summed E-state index contributed by atoms with van der Waals surface area (Å²) in [5, 5.41) is 8.29. The molecule has 1 aliphatic rings. The summed E-state index contributed by atoms with van der Waals surface area (Å²) in [4.78, 5) is 4.58. The summed E-state index contributed by atoms with van der Waals surface area (Å²) in [5.41, 5.74) is -0.0632. The van der Waals surface area contributed by atoms with Crippen LogP contribution in [0.3, 0.4) is 0 Å². The molecule has 0 saturated carbocycles. The molecular weight excluding hydrogens is 246 g/mol. The second kappa shape index (κ2) is 6.06. The first-order valence-corrected chi connectivity index (χ1v) is 7.94. The van der Waals surface area contributed by atoms with Crippen molar-refractivity contribution in [2.75, 3.05) is 6.54 Å². The molecule has 0 radical (unpaired) electrons. The van der Waals surface area contributed by atoms with Crippen LogP contribution in [0.4, 0.5) is 0 Å². The van der Waals surface area contributed by atoms with Gasteiger partial charge in [0.2, 0.25) is 5.89 Å². The lowest BCUT2D eigenvalue weighted by Gasteiger charge is -2.22. The van der Waals surface area contributed by atoms with Crippen molar-refractivity contribution in [3.63, 3.8) is 0 Å². The van der Waals surface area contributed by atoms with E-state index >= 15 is 0 Å². The van der Waals surface area contributed by atoms with Crippen molar-refractivity contribution in [1.82, 2.24) is 15.5 Å². The number of hydrogen-bond acceptors (Lipinski definition) is 5. The zero-order valence-corrected chi connectivity index (χ0v) is 12.3. The first kappa shape index (κ1) is 13.9. The summed E-state index contributed by atoms with van der Waals surface area (Å²) < 4.78 is 5.47. The van der Waals surface area contributed by atoms with Crippen LogP contribution in [0.2, 0.25) is 0 Å². The number of thioether (sulfide) groups is 1. The van der Waals surface area contributed by atoms with E-state index in [-0.39, 0.29) is 5.54 Å². The van der Waals surface area contributed by atoms with Gasteiger partial charge in [-0.05, 0) is 32.2 Å². The Kier molecular flexibility index (Phi) is 4.67. The zero-order valence-electron chi connectivity index (χ0n) is 11.5. The van der Waals surface area contributed by atoms with Gasteiger partial charge < -0.3 is 9.84 Å². The maximum absolute atomic E-state index is 5.47. The molecule has 1 N–H and O–H groups in total. The topological polar surface area (TPSA) is 51.0 Å². The minimum atomic E-state index is -0.0632. The average Bonchev–Trinajstić information content (AvgIpc) is 3.05. The van der Waals surface area contributed by atoms with E-state index in [1.807, 2.05) is 11.8 Å². The summed E-state index contributed by atoms with van der Waals surface area (Å²) in [6.45, 7) is 7.66. The van der Waals surface area contributed by atoms with Gasteiger partial charge in [0.05, 0.1) is 11.3 Å². The normalized spacial score (nSPS) is 25.5. The molecule has 1 aromatic rings. The van der Waals surface area contributed by atoms with Gasteiger partial charge >= 0.3 is 0 Å². The summed E-state index contributed by atoms with van der Waals surface area (Å²) >= 11 is 1.89. The third kappa shape index (κ3) is 2.88. The Hall–Kier alpha value is -0.550. The molecule has 0 amide bonds. The van der Waals surface area contributed by atoms with E-state index in [1.54, 1.807) is 0 Å². The van der Waals surface area contributed by atoms with Crippen molar-refractivity contribution in [2.45, 2.75) is 63.0 Å². The minimum Gasteiger partial charge on any atom is -0.337 e. The van der Waals surface area contributed by atoms with Crippen molar-refractivity contribution in [2.24, 2.45) is 0 Å². The highest BCUT2D eigenvalue weighted by atomic mass is 32.2. The van der Waals surface area contributed by atoms with Gasteiger partial charge in [-0.2, -0.15) is 16.7 Å². The van der Waals surface area contributed by atoms with Crippen molar-refractivity contribution >= 4 is 11.8 Å². The molecule has 0 spiro atoms. The van der Waals surface area contributed by atoms with Gasteiger partial charge in [-0.3, -0.25) is 0 Å². The fourth-order valence-corrected chi connectivity index (χ4v) is 3.07. The van der Waals surface area contributed by atoms with Crippen LogP contribution in [0.1, 0.15) is 58.2 Å². The molecule has 0 aliphatic carbocycles. The standard InChI is InChI=1S/C13H23N3OS/c1-4-10(3)18-9-11-15-12(17-16-11)13(5-2)7-6-8-14-13/h10,14H,4-9H2,1-3H3. The quantitative estimate of drug-likeness (QED) is 0.860. The van der Waals surface area contributed by atoms with Crippen LogP contribution < -0.4 is 5.32 Å². The lowest BCUT2D eigenvalue weighted by Crippen LogP contribution is -2.36. The van der Waals surface area contributed by atoms with Crippen molar-refractivity contribution < 1.29 is 4.52 Å². The van der Waals surface area contributed by atoms with Crippen LogP contribution in [-0.4, -0.2) is 21.9 Å². The first-order valence-electron chi connectivity index (χ1n) is 6.90. The Morgan fingerprint density at radius 3 is 2.94 bits per heavy atom. The Balaban J connectivity index is 2.01. The van der Waals surface area contributed by atoms with E-state index in [0.717, 1.165) is 36.9 Å². The van der Waals surface area contributed by atoms with Crippen molar-refractivity contribution in [3.8, 4) is 0 Å². The molecule has 2 atom stereocenters. The monoisotopic (exact) mass is 269 g/mol. The fraction of sp³-hybridized carbons (Fsp3) is 0.846. The average molecular weight is 269 g/mol. The fourth-order valence-electron chi connectivity index (χ4n) is 2.28. The molecule has 1 aliphatic heterocycles. The SMILES string of the molecule is CCC(C)SCc1noc(C2(CC)CCCN2)n1. The molecular formula is C13H23N3OS. The summed E-state index contributed by atoms with van der Waals surface area (Å²) in [5.74, 6) is 2.46. The minimum absolute atomic E-state index is 0.0632. The molecule has 0 bridgehead atoms. The number of aromatic nitrogens is 2. The molecule has 4 nitrogen and oxygen atoms in total. The van der Waals surface area contributed by atoms with Crippen LogP contribution >= 0.6 is 11.8 Å².